The van der Waals surface area contributed by atoms with Gasteiger partial charge < -0.3 is 10.1 Å². The van der Waals surface area contributed by atoms with Gasteiger partial charge in [0.15, 0.2) is 0 Å². The molecule has 7 heteroatoms. The fourth-order valence-electron chi connectivity index (χ4n) is 2.69. The predicted molar refractivity (Wildman–Crippen MR) is 97.2 cm³/mol. The van der Waals surface area contributed by atoms with E-state index in [1.54, 1.807) is 49.6 Å². The Bertz CT molecular complexity index is 808. The maximum atomic E-state index is 12.6. The van der Waals surface area contributed by atoms with Crippen molar-refractivity contribution >= 4 is 40.7 Å². The Morgan fingerprint density at radius 1 is 1.16 bits per heavy atom. The highest BCUT2D eigenvalue weighted by atomic mass is 35.5. The van der Waals surface area contributed by atoms with Crippen LogP contribution in [0.2, 0.25) is 10.0 Å². The van der Waals surface area contributed by atoms with Crippen molar-refractivity contribution in [3.05, 3.63) is 58.1 Å². The average Bonchev–Trinajstić information content (AvgIpc) is 2.88. The minimum atomic E-state index is -0.582. The quantitative estimate of drug-likeness (QED) is 0.809. The molecule has 2 amide bonds. The first-order valence-corrected chi connectivity index (χ1v) is 8.43. The number of anilines is 1. The first-order valence-electron chi connectivity index (χ1n) is 7.68. The summed E-state index contributed by atoms with van der Waals surface area (Å²) in [6.45, 7) is 0.371. The number of nitrogens with zero attached hydrogens (tertiary/aromatic N) is 1. The van der Waals surface area contributed by atoms with Crippen LogP contribution in [-0.4, -0.2) is 25.0 Å². The van der Waals surface area contributed by atoms with Gasteiger partial charge >= 0.3 is 0 Å². The third kappa shape index (κ3) is 3.79. The smallest absolute Gasteiger partial charge is 0.251 e. The number of carbonyl (C=O) groups excluding carboxylic acids is 2. The number of imide groups is 1. The van der Waals surface area contributed by atoms with E-state index >= 15 is 0 Å². The molecule has 1 N–H and O–H groups in total. The molecular weight excluding hydrogens is 363 g/mol. The van der Waals surface area contributed by atoms with Gasteiger partial charge in [-0.05, 0) is 42.0 Å². The van der Waals surface area contributed by atoms with Crippen molar-refractivity contribution in [1.29, 1.82) is 0 Å². The third-order valence-corrected chi connectivity index (χ3v) is 4.62. The van der Waals surface area contributed by atoms with Crippen LogP contribution in [0.5, 0.6) is 5.75 Å². The number of hydrogen-bond acceptors (Lipinski definition) is 4. The maximum absolute atomic E-state index is 12.6. The van der Waals surface area contributed by atoms with Crippen molar-refractivity contribution in [2.45, 2.75) is 19.0 Å². The molecule has 1 atom stereocenters. The number of methoxy groups -OCH3 is 1. The molecule has 2 aromatic carbocycles. The number of carbonyl (C=O) groups is 2. The summed E-state index contributed by atoms with van der Waals surface area (Å²) >= 11 is 12.0. The van der Waals surface area contributed by atoms with E-state index in [4.69, 9.17) is 27.9 Å². The molecule has 0 spiro atoms. The zero-order valence-corrected chi connectivity index (χ0v) is 15.0. The van der Waals surface area contributed by atoms with Crippen molar-refractivity contribution in [1.82, 2.24) is 5.32 Å². The summed E-state index contributed by atoms with van der Waals surface area (Å²) in [4.78, 5) is 26.0. The van der Waals surface area contributed by atoms with Gasteiger partial charge in [0.1, 0.15) is 5.75 Å². The molecule has 0 unspecified atom stereocenters. The van der Waals surface area contributed by atoms with E-state index in [-0.39, 0.29) is 18.2 Å². The van der Waals surface area contributed by atoms with Crippen LogP contribution in [0.1, 0.15) is 12.0 Å². The third-order valence-electron chi connectivity index (χ3n) is 4.03. The summed E-state index contributed by atoms with van der Waals surface area (Å²) < 4.78 is 5.09. The van der Waals surface area contributed by atoms with E-state index in [0.29, 0.717) is 28.0 Å². The zero-order chi connectivity index (χ0) is 18.0. The van der Waals surface area contributed by atoms with Crippen molar-refractivity contribution in [2.75, 3.05) is 12.0 Å². The van der Waals surface area contributed by atoms with Crippen molar-refractivity contribution in [3.8, 4) is 5.75 Å². The Kier molecular flexibility index (Phi) is 5.27. The zero-order valence-electron chi connectivity index (χ0n) is 13.5. The van der Waals surface area contributed by atoms with Crippen LogP contribution in [0.15, 0.2) is 42.5 Å². The highest BCUT2D eigenvalue weighted by molar-refractivity contribution is 6.35. The predicted octanol–water partition coefficient (Wildman–Crippen LogP) is 3.42. The molecule has 1 aliphatic rings. The van der Waals surface area contributed by atoms with Gasteiger partial charge in [0.25, 0.3) is 5.91 Å². The van der Waals surface area contributed by atoms with Gasteiger partial charge in [-0.3, -0.25) is 9.59 Å². The average molecular weight is 379 g/mol. The van der Waals surface area contributed by atoms with Crippen LogP contribution >= 0.6 is 23.2 Å². The Labute approximate surface area is 155 Å². The number of amides is 2. The highest BCUT2D eigenvalue weighted by Crippen LogP contribution is 2.26. The van der Waals surface area contributed by atoms with Crippen molar-refractivity contribution < 1.29 is 14.3 Å². The van der Waals surface area contributed by atoms with E-state index in [9.17, 15) is 9.59 Å². The van der Waals surface area contributed by atoms with Crippen molar-refractivity contribution in [3.63, 3.8) is 0 Å². The van der Waals surface area contributed by atoms with E-state index in [1.165, 1.54) is 4.90 Å². The summed E-state index contributed by atoms with van der Waals surface area (Å²) in [7, 11) is 1.56. The number of hydrogen-bond donors (Lipinski definition) is 1. The first kappa shape index (κ1) is 17.7. The van der Waals surface area contributed by atoms with Gasteiger partial charge in [-0.2, -0.15) is 0 Å². The molecular formula is C18H16Cl2N2O3. The summed E-state index contributed by atoms with van der Waals surface area (Å²) in [5.41, 5.74) is 1.35. The van der Waals surface area contributed by atoms with Crippen molar-refractivity contribution in [2.24, 2.45) is 0 Å². The van der Waals surface area contributed by atoms with Gasteiger partial charge in [0.05, 0.1) is 25.3 Å². The molecule has 0 aliphatic carbocycles. The van der Waals surface area contributed by atoms with E-state index < -0.39 is 6.04 Å². The second-order valence-corrected chi connectivity index (χ2v) is 6.48. The molecule has 1 fully saturated rings. The number of ether oxygens (including phenoxy) is 1. The largest absolute Gasteiger partial charge is 0.497 e. The van der Waals surface area contributed by atoms with Crippen LogP contribution < -0.4 is 15.0 Å². The summed E-state index contributed by atoms with van der Waals surface area (Å²) in [5, 5.41) is 4.16. The maximum Gasteiger partial charge on any atom is 0.251 e. The van der Waals surface area contributed by atoms with E-state index in [2.05, 4.69) is 5.32 Å². The monoisotopic (exact) mass is 378 g/mol. The Hall–Kier alpha value is -2.08. The number of benzene rings is 2. The summed E-state index contributed by atoms with van der Waals surface area (Å²) in [6.07, 6.45) is 0.107. The summed E-state index contributed by atoms with van der Waals surface area (Å²) in [5.74, 6) is 0.144. The fraction of sp³-hybridized carbons (Fsp3) is 0.222. The second-order valence-electron chi connectivity index (χ2n) is 5.64. The first-order chi connectivity index (χ1) is 12.0. The SMILES string of the molecule is COc1ccc(N2C(=O)C[C@H](NCc3ccc(Cl)cc3Cl)C2=O)cc1. The molecule has 130 valence electrons. The van der Waals surface area contributed by atoms with Crippen LogP contribution in [0, 0.1) is 0 Å². The lowest BCUT2D eigenvalue weighted by atomic mass is 10.2. The van der Waals surface area contributed by atoms with Crippen LogP contribution in [0.4, 0.5) is 5.69 Å². The normalized spacial score (nSPS) is 17.2. The van der Waals surface area contributed by atoms with Crippen LogP contribution in [0.3, 0.4) is 0 Å². The second kappa shape index (κ2) is 7.44. The molecule has 3 rings (SSSR count). The fourth-order valence-corrected chi connectivity index (χ4v) is 3.17. The molecule has 0 bridgehead atoms. The Morgan fingerprint density at radius 3 is 2.52 bits per heavy atom. The lowest BCUT2D eigenvalue weighted by Gasteiger charge is -2.16. The Balaban J connectivity index is 1.70. The molecule has 2 aromatic rings. The molecule has 0 aromatic heterocycles. The molecule has 25 heavy (non-hydrogen) atoms. The van der Waals surface area contributed by atoms with Gasteiger partial charge in [-0.25, -0.2) is 4.90 Å². The highest BCUT2D eigenvalue weighted by Gasteiger charge is 2.39. The molecule has 1 aliphatic heterocycles. The van der Waals surface area contributed by atoms with Crippen LogP contribution in [0.25, 0.3) is 0 Å². The Morgan fingerprint density at radius 2 is 1.88 bits per heavy atom. The lowest BCUT2D eigenvalue weighted by molar-refractivity contribution is -0.121. The molecule has 0 radical (unpaired) electrons. The number of halogens is 2. The standard InChI is InChI=1S/C18H16Cl2N2O3/c1-25-14-6-4-13(5-7-14)22-17(23)9-16(18(22)24)21-10-11-2-3-12(19)8-15(11)20/h2-8,16,21H,9-10H2,1H3/t16-/m0/s1. The lowest BCUT2D eigenvalue weighted by Crippen LogP contribution is -2.38. The summed E-state index contributed by atoms with van der Waals surface area (Å²) in [6, 6.07) is 11.4. The van der Waals surface area contributed by atoms with Gasteiger partial charge in [0.2, 0.25) is 5.91 Å². The molecule has 1 heterocycles. The number of nitrogens with one attached hydrogen (secondary N) is 1. The van der Waals surface area contributed by atoms with Gasteiger partial charge in [-0.1, -0.05) is 29.3 Å². The van der Waals surface area contributed by atoms with E-state index in [0.717, 1.165) is 5.56 Å². The number of rotatable bonds is 5. The molecule has 5 nitrogen and oxygen atoms in total. The van der Waals surface area contributed by atoms with E-state index in [1.807, 2.05) is 0 Å². The van der Waals surface area contributed by atoms with Gasteiger partial charge in [0, 0.05) is 16.6 Å². The molecule has 1 saturated heterocycles. The minimum absolute atomic E-state index is 0.107. The molecule has 0 saturated carbocycles. The van der Waals surface area contributed by atoms with Gasteiger partial charge in [-0.15, -0.1) is 0 Å². The topological polar surface area (TPSA) is 58.6 Å². The minimum Gasteiger partial charge on any atom is -0.497 e. The van der Waals surface area contributed by atoms with Crippen LogP contribution in [-0.2, 0) is 16.1 Å².